The van der Waals surface area contributed by atoms with Gasteiger partial charge in [0, 0.05) is 62.2 Å². The number of rotatable bonds is 4. The molecule has 2 fully saturated rings. The van der Waals surface area contributed by atoms with Crippen LogP contribution in [0.4, 0.5) is 14.7 Å². The number of halogens is 2. The Balaban J connectivity index is 1.37. The van der Waals surface area contributed by atoms with Crippen molar-refractivity contribution in [2.24, 2.45) is 0 Å². The molecule has 1 saturated carbocycles. The molecular formula is C19H23F2N5. The molecular weight excluding hydrogens is 336 g/mol. The first-order valence-electron chi connectivity index (χ1n) is 9.21. The number of alkyl halides is 2. The molecule has 0 amide bonds. The average molecular weight is 359 g/mol. The highest BCUT2D eigenvalue weighted by atomic mass is 19.3. The lowest BCUT2D eigenvalue weighted by molar-refractivity contribution is -0.0410. The Morgan fingerprint density at radius 2 is 1.92 bits per heavy atom. The monoisotopic (exact) mass is 359 g/mol. The molecule has 138 valence electrons. The first-order chi connectivity index (χ1) is 12.6. The van der Waals surface area contributed by atoms with E-state index in [1.807, 2.05) is 18.2 Å². The van der Waals surface area contributed by atoms with E-state index in [-0.39, 0.29) is 18.9 Å². The van der Waals surface area contributed by atoms with E-state index in [0.29, 0.717) is 24.8 Å². The van der Waals surface area contributed by atoms with E-state index in [9.17, 15) is 8.78 Å². The summed E-state index contributed by atoms with van der Waals surface area (Å²) in [6, 6.07) is 6.25. The van der Waals surface area contributed by atoms with Gasteiger partial charge >= 0.3 is 0 Å². The van der Waals surface area contributed by atoms with Gasteiger partial charge in [0.15, 0.2) is 0 Å². The third kappa shape index (κ3) is 3.98. The highest BCUT2D eigenvalue weighted by molar-refractivity contribution is 5.58. The maximum Gasteiger partial charge on any atom is 0.248 e. The predicted molar refractivity (Wildman–Crippen MR) is 96.2 cm³/mol. The minimum atomic E-state index is -2.47. The molecule has 2 aromatic heterocycles. The van der Waals surface area contributed by atoms with Crippen LogP contribution in [0.25, 0.3) is 11.3 Å². The predicted octanol–water partition coefficient (Wildman–Crippen LogP) is 3.28. The van der Waals surface area contributed by atoms with Crippen molar-refractivity contribution in [3.63, 3.8) is 0 Å². The molecule has 1 unspecified atom stereocenters. The molecule has 26 heavy (non-hydrogen) atoms. The number of hydrogen-bond acceptors (Lipinski definition) is 5. The van der Waals surface area contributed by atoms with Crippen molar-refractivity contribution in [2.45, 2.75) is 50.1 Å². The van der Waals surface area contributed by atoms with Crippen LogP contribution in [0, 0.1) is 0 Å². The Hall–Kier alpha value is -2.15. The molecule has 0 radical (unpaired) electrons. The number of nitrogens with one attached hydrogen (secondary N) is 1. The number of nitrogens with zero attached hydrogens (tertiary/aromatic N) is 4. The van der Waals surface area contributed by atoms with Crippen molar-refractivity contribution < 1.29 is 8.78 Å². The summed E-state index contributed by atoms with van der Waals surface area (Å²) in [5, 5.41) is 3.56. The van der Waals surface area contributed by atoms with E-state index < -0.39 is 5.92 Å². The van der Waals surface area contributed by atoms with E-state index in [0.717, 1.165) is 30.8 Å². The normalized spacial score (nSPS) is 23.3. The van der Waals surface area contributed by atoms with Gasteiger partial charge in [-0.3, -0.25) is 4.98 Å². The minimum absolute atomic E-state index is 0.00261. The lowest BCUT2D eigenvalue weighted by Gasteiger charge is -2.31. The van der Waals surface area contributed by atoms with Crippen LogP contribution >= 0.6 is 0 Å². The SMILES string of the molecule is FC1(F)CCC(NC2CCN(c3nccc(-c4cccnc4)n3)C2)CC1. The molecule has 1 atom stereocenters. The van der Waals surface area contributed by atoms with Gasteiger partial charge in [-0.2, -0.15) is 0 Å². The van der Waals surface area contributed by atoms with Gasteiger partial charge in [0.25, 0.3) is 0 Å². The van der Waals surface area contributed by atoms with Crippen molar-refractivity contribution in [2.75, 3.05) is 18.0 Å². The molecule has 2 aliphatic rings. The molecule has 0 spiro atoms. The van der Waals surface area contributed by atoms with Gasteiger partial charge in [-0.1, -0.05) is 0 Å². The Kier molecular flexibility index (Phi) is 4.80. The lowest BCUT2D eigenvalue weighted by atomic mass is 9.91. The summed E-state index contributed by atoms with van der Waals surface area (Å²) in [7, 11) is 0. The van der Waals surface area contributed by atoms with E-state index in [4.69, 9.17) is 0 Å². The summed E-state index contributed by atoms with van der Waals surface area (Å²) in [6.45, 7) is 1.68. The smallest absolute Gasteiger partial charge is 0.248 e. The van der Waals surface area contributed by atoms with Gasteiger partial charge in [-0.25, -0.2) is 18.7 Å². The standard InChI is InChI=1S/C19H23F2N5/c20-19(21)7-3-15(4-8-19)24-16-6-11-26(13-16)18-23-10-5-17(25-18)14-2-1-9-22-12-14/h1-2,5,9-10,12,15-16,24H,3-4,6-8,11,13H2. The fourth-order valence-electron chi connectivity index (χ4n) is 3.79. The molecule has 0 bridgehead atoms. The summed E-state index contributed by atoms with van der Waals surface area (Å²) in [6.07, 6.45) is 7.38. The first kappa shape index (κ1) is 17.3. The van der Waals surface area contributed by atoms with Crippen LogP contribution in [-0.4, -0.2) is 46.0 Å². The van der Waals surface area contributed by atoms with Crippen molar-refractivity contribution >= 4 is 5.95 Å². The highest BCUT2D eigenvalue weighted by Gasteiger charge is 2.36. The zero-order valence-corrected chi connectivity index (χ0v) is 14.6. The zero-order valence-electron chi connectivity index (χ0n) is 14.6. The van der Waals surface area contributed by atoms with Gasteiger partial charge in [-0.15, -0.1) is 0 Å². The van der Waals surface area contributed by atoms with Crippen molar-refractivity contribution in [1.29, 1.82) is 0 Å². The van der Waals surface area contributed by atoms with Crippen LogP contribution in [0.15, 0.2) is 36.8 Å². The second-order valence-electron chi connectivity index (χ2n) is 7.21. The maximum atomic E-state index is 13.3. The van der Waals surface area contributed by atoms with E-state index in [1.54, 1.807) is 18.6 Å². The average Bonchev–Trinajstić information content (AvgIpc) is 3.13. The topological polar surface area (TPSA) is 53.9 Å². The molecule has 3 heterocycles. The van der Waals surface area contributed by atoms with Gasteiger partial charge in [0.05, 0.1) is 5.69 Å². The van der Waals surface area contributed by atoms with Gasteiger partial charge in [-0.05, 0) is 37.5 Å². The molecule has 1 N–H and O–H groups in total. The van der Waals surface area contributed by atoms with Crippen LogP contribution in [0.5, 0.6) is 0 Å². The molecule has 0 aromatic carbocycles. The molecule has 4 rings (SSSR count). The highest BCUT2D eigenvalue weighted by Crippen LogP contribution is 2.33. The second kappa shape index (κ2) is 7.23. The van der Waals surface area contributed by atoms with E-state index in [1.165, 1.54) is 0 Å². The van der Waals surface area contributed by atoms with Crippen LogP contribution in [0.1, 0.15) is 32.1 Å². The van der Waals surface area contributed by atoms with E-state index in [2.05, 4.69) is 25.2 Å². The minimum Gasteiger partial charge on any atom is -0.339 e. The number of hydrogen-bond donors (Lipinski definition) is 1. The van der Waals surface area contributed by atoms with E-state index >= 15 is 0 Å². The van der Waals surface area contributed by atoms with Gasteiger partial charge in [0.2, 0.25) is 11.9 Å². The molecule has 5 nitrogen and oxygen atoms in total. The summed E-state index contributed by atoms with van der Waals surface area (Å²) in [4.78, 5) is 15.4. The first-order valence-corrected chi connectivity index (χ1v) is 9.21. The molecule has 2 aromatic rings. The van der Waals surface area contributed by atoms with Gasteiger partial charge < -0.3 is 10.2 Å². The fourth-order valence-corrected chi connectivity index (χ4v) is 3.79. The summed E-state index contributed by atoms with van der Waals surface area (Å²) in [5.74, 6) is -1.76. The molecule has 7 heteroatoms. The lowest BCUT2D eigenvalue weighted by Crippen LogP contribution is -2.43. The molecule has 1 aliphatic heterocycles. The Morgan fingerprint density at radius 3 is 2.69 bits per heavy atom. The third-order valence-corrected chi connectivity index (χ3v) is 5.26. The summed E-state index contributed by atoms with van der Waals surface area (Å²) >= 11 is 0. The van der Waals surface area contributed by atoms with Crippen LogP contribution < -0.4 is 10.2 Å². The van der Waals surface area contributed by atoms with Crippen LogP contribution in [-0.2, 0) is 0 Å². The van der Waals surface area contributed by atoms with Crippen LogP contribution in [0.3, 0.4) is 0 Å². The second-order valence-corrected chi connectivity index (χ2v) is 7.21. The summed E-state index contributed by atoms with van der Waals surface area (Å²) < 4.78 is 26.6. The number of anilines is 1. The largest absolute Gasteiger partial charge is 0.339 e. The number of aromatic nitrogens is 3. The molecule has 1 saturated heterocycles. The van der Waals surface area contributed by atoms with Crippen molar-refractivity contribution in [1.82, 2.24) is 20.3 Å². The number of pyridine rings is 1. The maximum absolute atomic E-state index is 13.3. The Bertz CT molecular complexity index is 730. The van der Waals surface area contributed by atoms with Crippen molar-refractivity contribution in [3.05, 3.63) is 36.8 Å². The quantitative estimate of drug-likeness (QED) is 0.908. The summed E-state index contributed by atoms with van der Waals surface area (Å²) in [5.41, 5.74) is 1.82. The fraction of sp³-hybridized carbons (Fsp3) is 0.526. The zero-order chi connectivity index (χ0) is 18.0. The Labute approximate surface area is 151 Å². The molecule has 1 aliphatic carbocycles. The van der Waals surface area contributed by atoms with Crippen molar-refractivity contribution in [3.8, 4) is 11.3 Å². The van der Waals surface area contributed by atoms with Crippen LogP contribution in [0.2, 0.25) is 0 Å². The third-order valence-electron chi connectivity index (χ3n) is 5.26. The Morgan fingerprint density at radius 1 is 1.08 bits per heavy atom. The van der Waals surface area contributed by atoms with Gasteiger partial charge in [0.1, 0.15) is 0 Å².